The number of sulfonamides is 1. The molecular weight excluding hydrogens is 316 g/mol. The Hall–Kier alpha value is -2.35. The maximum atomic E-state index is 13.9. The minimum Gasteiger partial charge on any atom is -0.493 e. The van der Waals surface area contributed by atoms with E-state index in [0.717, 1.165) is 24.3 Å². The van der Waals surface area contributed by atoms with Crippen molar-refractivity contribution in [1.29, 1.82) is 0 Å². The van der Waals surface area contributed by atoms with Gasteiger partial charge in [-0.05, 0) is 12.1 Å². The Balaban J connectivity index is 2.44. The molecule has 0 bridgehead atoms. The van der Waals surface area contributed by atoms with Crippen LogP contribution in [-0.2, 0) is 10.0 Å². The zero-order valence-electron chi connectivity index (χ0n) is 11.8. The van der Waals surface area contributed by atoms with Gasteiger partial charge in [-0.1, -0.05) is 12.1 Å². The lowest BCUT2D eigenvalue weighted by Crippen LogP contribution is -2.15. The average Bonchev–Trinajstić information content (AvgIpc) is 2.48. The summed E-state index contributed by atoms with van der Waals surface area (Å²) in [5, 5.41) is 0. The van der Waals surface area contributed by atoms with Crippen LogP contribution in [0.4, 0.5) is 14.5 Å². The van der Waals surface area contributed by atoms with Crippen molar-refractivity contribution in [3.63, 3.8) is 0 Å². The summed E-state index contributed by atoms with van der Waals surface area (Å²) in [4.78, 5) is -0.579. The van der Waals surface area contributed by atoms with E-state index in [4.69, 9.17) is 9.47 Å². The summed E-state index contributed by atoms with van der Waals surface area (Å²) in [6.45, 7) is 0. The van der Waals surface area contributed by atoms with Gasteiger partial charge in [0.15, 0.2) is 17.3 Å². The van der Waals surface area contributed by atoms with Crippen molar-refractivity contribution in [3.8, 4) is 11.5 Å². The molecule has 2 rings (SSSR count). The lowest BCUT2D eigenvalue weighted by molar-refractivity contribution is 0.353. The number of hydrogen-bond donors (Lipinski definition) is 1. The van der Waals surface area contributed by atoms with Crippen molar-refractivity contribution in [2.24, 2.45) is 0 Å². The molecule has 0 spiro atoms. The molecular formula is C14H13F2NO4S. The molecule has 0 saturated heterocycles. The largest absolute Gasteiger partial charge is 0.493 e. The molecule has 1 N–H and O–H groups in total. The fourth-order valence-corrected chi connectivity index (χ4v) is 2.93. The van der Waals surface area contributed by atoms with E-state index in [1.54, 1.807) is 0 Å². The zero-order chi connectivity index (χ0) is 16.3. The molecule has 2 aromatic carbocycles. The molecule has 0 aromatic heterocycles. The predicted octanol–water partition coefficient (Wildman–Crippen LogP) is 2.78. The first kappa shape index (κ1) is 16.0. The predicted molar refractivity (Wildman–Crippen MR) is 76.7 cm³/mol. The molecule has 0 fully saturated rings. The number of anilines is 1. The normalized spacial score (nSPS) is 11.1. The van der Waals surface area contributed by atoms with Crippen molar-refractivity contribution in [2.45, 2.75) is 4.90 Å². The molecule has 0 heterocycles. The van der Waals surface area contributed by atoms with E-state index in [2.05, 4.69) is 0 Å². The third-order valence-electron chi connectivity index (χ3n) is 2.84. The van der Waals surface area contributed by atoms with E-state index in [1.807, 2.05) is 4.72 Å². The first-order chi connectivity index (χ1) is 10.4. The molecule has 2 aromatic rings. The van der Waals surface area contributed by atoms with Crippen LogP contribution in [0.25, 0.3) is 0 Å². The highest BCUT2D eigenvalue weighted by molar-refractivity contribution is 7.92. The smallest absolute Gasteiger partial charge is 0.264 e. The van der Waals surface area contributed by atoms with Gasteiger partial charge in [0.25, 0.3) is 10.0 Å². The van der Waals surface area contributed by atoms with Crippen LogP contribution in [0.5, 0.6) is 11.5 Å². The highest BCUT2D eigenvalue weighted by atomic mass is 32.2. The van der Waals surface area contributed by atoms with Gasteiger partial charge in [-0.15, -0.1) is 0 Å². The minimum atomic E-state index is -4.27. The molecule has 0 saturated carbocycles. The van der Waals surface area contributed by atoms with Crippen LogP contribution in [0.15, 0.2) is 41.3 Å². The van der Waals surface area contributed by atoms with Crippen LogP contribution < -0.4 is 14.2 Å². The second kappa shape index (κ2) is 6.18. The molecule has 0 amide bonds. The van der Waals surface area contributed by atoms with E-state index in [0.29, 0.717) is 0 Å². The summed E-state index contributed by atoms with van der Waals surface area (Å²) in [7, 11) is -1.63. The summed E-state index contributed by atoms with van der Waals surface area (Å²) in [5.41, 5.74) is -0.374. The Labute approximate surface area is 126 Å². The summed E-state index contributed by atoms with van der Waals surface area (Å²) >= 11 is 0. The van der Waals surface area contributed by atoms with Gasteiger partial charge in [-0.3, -0.25) is 4.72 Å². The standard InChI is InChI=1S/C14H13F2NO4S/c1-20-12-7-10(16)11(8-13(12)21-2)17-22(18,19)14-6-4-3-5-9(14)15/h3-8,17H,1-2H3. The highest BCUT2D eigenvalue weighted by Gasteiger charge is 2.21. The third kappa shape index (κ3) is 3.11. The van der Waals surface area contributed by atoms with E-state index in [9.17, 15) is 17.2 Å². The van der Waals surface area contributed by atoms with E-state index < -0.39 is 26.6 Å². The topological polar surface area (TPSA) is 64.6 Å². The number of methoxy groups -OCH3 is 2. The molecule has 0 aliphatic heterocycles. The molecule has 5 nitrogen and oxygen atoms in total. The second-order valence-corrected chi connectivity index (χ2v) is 5.87. The molecule has 8 heteroatoms. The van der Waals surface area contributed by atoms with E-state index in [1.165, 1.54) is 26.4 Å². The van der Waals surface area contributed by atoms with Gasteiger partial charge in [0.2, 0.25) is 0 Å². The maximum Gasteiger partial charge on any atom is 0.264 e. The van der Waals surface area contributed by atoms with E-state index in [-0.39, 0.29) is 17.2 Å². The summed E-state index contributed by atoms with van der Waals surface area (Å²) in [6, 6.07) is 6.88. The Morgan fingerprint density at radius 1 is 0.955 bits per heavy atom. The van der Waals surface area contributed by atoms with E-state index >= 15 is 0 Å². The number of benzene rings is 2. The van der Waals surface area contributed by atoms with Crippen LogP contribution in [-0.4, -0.2) is 22.6 Å². The van der Waals surface area contributed by atoms with Crippen LogP contribution in [0.1, 0.15) is 0 Å². The van der Waals surface area contributed by atoms with Crippen molar-refractivity contribution in [3.05, 3.63) is 48.0 Å². The van der Waals surface area contributed by atoms with Crippen molar-refractivity contribution >= 4 is 15.7 Å². The fourth-order valence-electron chi connectivity index (χ4n) is 1.79. The monoisotopic (exact) mass is 329 g/mol. The van der Waals surface area contributed by atoms with Gasteiger partial charge >= 0.3 is 0 Å². The number of rotatable bonds is 5. The van der Waals surface area contributed by atoms with Crippen molar-refractivity contribution in [1.82, 2.24) is 0 Å². The lowest BCUT2D eigenvalue weighted by Gasteiger charge is -2.13. The third-order valence-corrected chi connectivity index (χ3v) is 4.24. The molecule has 0 aliphatic rings. The molecule has 22 heavy (non-hydrogen) atoms. The molecule has 118 valence electrons. The SMILES string of the molecule is COc1cc(F)c(NS(=O)(=O)c2ccccc2F)cc1OC. The number of halogens is 2. The number of hydrogen-bond acceptors (Lipinski definition) is 4. The van der Waals surface area contributed by atoms with Gasteiger partial charge in [0.1, 0.15) is 10.7 Å². The van der Waals surface area contributed by atoms with Gasteiger partial charge in [0.05, 0.1) is 19.9 Å². The first-order valence-corrected chi connectivity index (χ1v) is 7.56. The van der Waals surface area contributed by atoms with Crippen LogP contribution in [0.3, 0.4) is 0 Å². The molecule has 0 aliphatic carbocycles. The Morgan fingerprint density at radius 3 is 2.14 bits per heavy atom. The minimum absolute atomic E-state index is 0.105. The quantitative estimate of drug-likeness (QED) is 0.916. The first-order valence-electron chi connectivity index (χ1n) is 6.08. The number of ether oxygens (including phenoxy) is 2. The summed E-state index contributed by atoms with van der Waals surface area (Å²) in [5.74, 6) is -1.57. The van der Waals surface area contributed by atoms with Crippen LogP contribution in [0, 0.1) is 11.6 Å². The Kier molecular flexibility index (Phi) is 4.51. The van der Waals surface area contributed by atoms with Gasteiger partial charge < -0.3 is 9.47 Å². The molecule has 0 unspecified atom stereocenters. The Morgan fingerprint density at radius 2 is 1.55 bits per heavy atom. The van der Waals surface area contributed by atoms with Gasteiger partial charge in [0, 0.05) is 12.1 Å². The second-order valence-electron chi connectivity index (χ2n) is 4.22. The van der Waals surface area contributed by atoms with Crippen LogP contribution >= 0.6 is 0 Å². The van der Waals surface area contributed by atoms with Crippen molar-refractivity contribution < 1.29 is 26.7 Å². The van der Waals surface area contributed by atoms with Gasteiger partial charge in [-0.25, -0.2) is 17.2 Å². The fraction of sp³-hybridized carbons (Fsp3) is 0.143. The molecule has 0 radical (unpaired) electrons. The molecule has 0 atom stereocenters. The van der Waals surface area contributed by atoms with Gasteiger partial charge in [-0.2, -0.15) is 0 Å². The van der Waals surface area contributed by atoms with Crippen molar-refractivity contribution in [2.75, 3.05) is 18.9 Å². The Bertz CT molecular complexity index is 793. The zero-order valence-corrected chi connectivity index (χ0v) is 12.6. The summed E-state index contributed by atoms with van der Waals surface area (Å²) in [6.07, 6.45) is 0. The highest BCUT2D eigenvalue weighted by Crippen LogP contribution is 2.33. The maximum absolute atomic E-state index is 13.9. The number of nitrogens with one attached hydrogen (secondary N) is 1. The average molecular weight is 329 g/mol. The lowest BCUT2D eigenvalue weighted by atomic mass is 10.2. The van der Waals surface area contributed by atoms with Crippen LogP contribution in [0.2, 0.25) is 0 Å². The summed E-state index contributed by atoms with van der Waals surface area (Å²) < 4.78 is 63.7.